The van der Waals surface area contributed by atoms with Gasteiger partial charge >= 0.3 is 35.8 Å². The molecule has 0 amide bonds. The highest BCUT2D eigenvalue weighted by Gasteiger charge is 2.59. The number of carbonyl (C=O) groups is 8. The topological polar surface area (TPSA) is 220 Å². The molecule has 0 spiro atoms. The van der Waals surface area contributed by atoms with Crippen LogP contribution in [-0.2, 0) is 81.0 Å². The SMILES string of the molecule is CCC(C)(C)C(=O)OC1CC2CC(C(=O)OCOCC34CC5CC(CC(C5)C3=O)C4)C1C2.CCC(C)C(=O)OC1CC2CC(C(=O)OCOC3C4CC5CC(C4)C(=O)C3C5)C1C2.CCC(C)C(=O)OC1CC2CC(C(=O)OCOCC3CCCCC3)C1C2. The summed E-state index contributed by atoms with van der Waals surface area (Å²) in [6, 6.07) is 0. The number of ether oxygens (including phenoxy) is 9. The molecule has 21 atom stereocenters. The normalized spacial score (nSPS) is 39.9. The highest BCUT2D eigenvalue weighted by atomic mass is 16.7. The quantitative estimate of drug-likeness (QED) is 0.0402. The number of esters is 6. The second kappa shape index (κ2) is 28.1. The van der Waals surface area contributed by atoms with Crippen molar-refractivity contribution in [1.29, 1.82) is 0 Å². The van der Waals surface area contributed by atoms with E-state index in [2.05, 4.69) is 0 Å². The monoisotopic (exact) mass is 1230 g/mol. The lowest BCUT2D eigenvalue weighted by atomic mass is 9.49. The van der Waals surface area contributed by atoms with Gasteiger partial charge in [0.05, 0.1) is 59.7 Å². The van der Waals surface area contributed by atoms with Crippen molar-refractivity contribution in [3.63, 3.8) is 0 Å². The lowest BCUT2D eigenvalue weighted by Crippen LogP contribution is -2.55. The molecule has 0 N–H and O–H groups in total. The maximum atomic E-state index is 12.9. The second-order valence-electron chi connectivity index (χ2n) is 31.3. The zero-order valence-corrected chi connectivity index (χ0v) is 54.1. The Labute approximate surface area is 523 Å². The van der Waals surface area contributed by atoms with Gasteiger partial charge in [0.25, 0.3) is 0 Å². The predicted octanol–water partition coefficient (Wildman–Crippen LogP) is 11.9. The first kappa shape index (κ1) is 65.5. The molecule has 0 aromatic rings. The minimum Gasteiger partial charge on any atom is -0.462 e. The Morgan fingerprint density at radius 3 is 1.52 bits per heavy atom. The molecule has 14 bridgehead atoms. The van der Waals surface area contributed by atoms with Gasteiger partial charge in [-0.25, -0.2) is 0 Å². The number of fused-ring (bicyclic) bond motifs is 6. The first-order chi connectivity index (χ1) is 42.2. The maximum absolute atomic E-state index is 12.9. The molecule has 0 aromatic carbocycles. The van der Waals surface area contributed by atoms with E-state index in [1.54, 1.807) is 0 Å². The molecule has 0 heterocycles. The molecular weight excluding hydrogens is 1120 g/mol. The van der Waals surface area contributed by atoms with Crippen molar-refractivity contribution in [3.8, 4) is 0 Å². The molecule has 17 heteroatoms. The van der Waals surface area contributed by atoms with Gasteiger partial charge in [0.2, 0.25) is 0 Å². The summed E-state index contributed by atoms with van der Waals surface area (Å²) in [5.41, 5.74) is -0.834. The Balaban J connectivity index is 0.000000137. The van der Waals surface area contributed by atoms with Crippen LogP contribution in [0.15, 0.2) is 0 Å². The smallest absolute Gasteiger partial charge is 0.311 e. The lowest BCUT2D eigenvalue weighted by Gasteiger charge is -2.55. The van der Waals surface area contributed by atoms with Gasteiger partial charge in [0, 0.05) is 35.5 Å². The van der Waals surface area contributed by atoms with Crippen LogP contribution in [0, 0.1) is 123 Å². The van der Waals surface area contributed by atoms with Gasteiger partial charge in [0.1, 0.15) is 29.9 Å². The van der Waals surface area contributed by atoms with E-state index in [4.69, 9.17) is 42.6 Å². The fourth-order valence-corrected chi connectivity index (χ4v) is 19.8. The number of rotatable bonds is 23. The molecular formula is C71H106O17. The average Bonchev–Trinajstić information content (AvgIpc) is 1.35. The van der Waals surface area contributed by atoms with E-state index in [1.807, 2.05) is 48.5 Å². The highest BCUT2D eigenvalue weighted by Crippen LogP contribution is 2.59. The fourth-order valence-electron chi connectivity index (χ4n) is 19.8. The minimum atomic E-state index is -0.500. The summed E-state index contributed by atoms with van der Waals surface area (Å²) in [7, 11) is 0. The Kier molecular flexibility index (Phi) is 20.9. The number of carbonyl (C=O) groups excluding carboxylic acids is 8. The van der Waals surface area contributed by atoms with Crippen molar-refractivity contribution in [3.05, 3.63) is 0 Å². The first-order valence-electron chi connectivity index (χ1n) is 35.2. The molecule has 15 fully saturated rings. The Hall–Kier alpha value is -3.96. The van der Waals surface area contributed by atoms with Crippen molar-refractivity contribution < 1.29 is 81.0 Å². The average molecular weight is 1230 g/mol. The number of hydrogen-bond donors (Lipinski definition) is 0. The first-order valence-corrected chi connectivity index (χ1v) is 35.2. The molecule has 0 radical (unpaired) electrons. The minimum absolute atomic E-state index is 0.00629. The Bertz CT molecular complexity index is 2510. The lowest BCUT2D eigenvalue weighted by molar-refractivity contribution is -0.193. The zero-order valence-electron chi connectivity index (χ0n) is 54.1. The van der Waals surface area contributed by atoms with E-state index in [0.717, 1.165) is 128 Å². The molecule has 15 aliphatic carbocycles. The predicted molar refractivity (Wildman–Crippen MR) is 320 cm³/mol. The van der Waals surface area contributed by atoms with Crippen molar-refractivity contribution >= 4 is 47.4 Å². The van der Waals surface area contributed by atoms with E-state index >= 15 is 0 Å². The van der Waals surface area contributed by atoms with Crippen LogP contribution >= 0.6 is 0 Å². The van der Waals surface area contributed by atoms with Gasteiger partial charge in [-0.05, 0) is 209 Å². The molecule has 17 nitrogen and oxygen atoms in total. The molecule has 0 aromatic heterocycles. The molecule has 88 heavy (non-hydrogen) atoms. The van der Waals surface area contributed by atoms with Crippen LogP contribution in [-0.4, -0.2) is 105 Å². The van der Waals surface area contributed by atoms with Crippen LogP contribution in [0.25, 0.3) is 0 Å². The van der Waals surface area contributed by atoms with Crippen molar-refractivity contribution in [2.24, 2.45) is 123 Å². The van der Waals surface area contributed by atoms with E-state index in [-0.39, 0.29) is 151 Å². The maximum Gasteiger partial charge on any atom is 0.311 e. The fraction of sp³-hybridized carbons (Fsp3) is 0.887. The summed E-state index contributed by atoms with van der Waals surface area (Å²) in [6.45, 7) is 14.5. The van der Waals surface area contributed by atoms with Crippen LogP contribution in [0.5, 0.6) is 0 Å². The molecule has 0 saturated heterocycles. The highest BCUT2D eigenvalue weighted by molar-refractivity contribution is 5.89. The van der Waals surface area contributed by atoms with Crippen LogP contribution in [0.1, 0.15) is 215 Å². The second-order valence-corrected chi connectivity index (χ2v) is 31.3. The van der Waals surface area contributed by atoms with Gasteiger partial charge in [-0.3, -0.25) is 38.4 Å². The standard InChI is InChI=1S/C26H38O6.C24H34O6.C21H34O5/c1-4-25(2,3)24(29)32-21-10-15-8-19(21)20(9-15)23(28)31-14-30-13-26-11-16-5-17(12-26)7-18(6-16)22(26)27;1-3-12(2)23(26)30-20-9-14-6-17(20)18(7-14)24(27)29-11-28-22-16-5-13-4-15(10-16)21(25)19(22)8-13;1-3-14(2)20(22)26-19-11-16-9-17(19)18(10-16)21(23)25-13-24-12-15-7-5-4-6-8-15/h15-21H,4-14H2,1-3H3;12-20,22H,3-11H2,1-2H3;14-19H,3-13H2,1-2H3. The third kappa shape index (κ3) is 14.3. The van der Waals surface area contributed by atoms with Crippen molar-refractivity contribution in [1.82, 2.24) is 0 Å². The number of ketones is 2. The van der Waals surface area contributed by atoms with Crippen molar-refractivity contribution in [2.75, 3.05) is 33.6 Å². The van der Waals surface area contributed by atoms with Gasteiger partial charge in [-0.2, -0.15) is 0 Å². The van der Waals surface area contributed by atoms with Crippen LogP contribution in [0.2, 0.25) is 0 Å². The zero-order chi connectivity index (χ0) is 62.2. The van der Waals surface area contributed by atoms with E-state index < -0.39 is 5.41 Å². The third-order valence-corrected chi connectivity index (χ3v) is 25.1. The van der Waals surface area contributed by atoms with Gasteiger partial charge in [-0.15, -0.1) is 0 Å². The number of Topliss-reactive ketones (excluding diaryl/α,β-unsaturated/α-hetero) is 2. The molecule has 21 unspecified atom stereocenters. The van der Waals surface area contributed by atoms with Gasteiger partial charge < -0.3 is 42.6 Å². The summed E-state index contributed by atoms with van der Waals surface area (Å²) < 4.78 is 51.1. The summed E-state index contributed by atoms with van der Waals surface area (Å²) in [4.78, 5) is 100. The van der Waals surface area contributed by atoms with Crippen molar-refractivity contribution in [2.45, 2.75) is 240 Å². The largest absolute Gasteiger partial charge is 0.462 e. The summed E-state index contributed by atoms with van der Waals surface area (Å²) in [5, 5.41) is 0. The molecule has 15 saturated carbocycles. The molecule has 15 aliphatic rings. The summed E-state index contributed by atoms with van der Waals surface area (Å²) >= 11 is 0. The molecule has 0 aliphatic heterocycles. The molecule has 15 rings (SSSR count). The van der Waals surface area contributed by atoms with Crippen LogP contribution in [0.3, 0.4) is 0 Å². The summed E-state index contributed by atoms with van der Waals surface area (Å²) in [6.07, 6.45) is 25.4. The molecule has 492 valence electrons. The number of hydrogen-bond acceptors (Lipinski definition) is 17. The Morgan fingerprint density at radius 2 is 1.01 bits per heavy atom. The van der Waals surface area contributed by atoms with E-state index in [9.17, 15) is 38.4 Å². The van der Waals surface area contributed by atoms with Gasteiger partial charge in [-0.1, -0.05) is 53.9 Å². The Morgan fingerprint density at radius 1 is 0.523 bits per heavy atom. The van der Waals surface area contributed by atoms with Crippen LogP contribution in [0.4, 0.5) is 0 Å². The van der Waals surface area contributed by atoms with E-state index in [0.29, 0.717) is 72.1 Å². The summed E-state index contributed by atoms with van der Waals surface area (Å²) in [5.74, 6) is 4.06. The van der Waals surface area contributed by atoms with Gasteiger partial charge in [0.15, 0.2) is 20.4 Å². The third-order valence-electron chi connectivity index (χ3n) is 25.1. The van der Waals surface area contributed by atoms with Crippen LogP contribution < -0.4 is 0 Å². The van der Waals surface area contributed by atoms with E-state index in [1.165, 1.54) is 38.5 Å².